The van der Waals surface area contributed by atoms with Gasteiger partial charge < -0.3 is 10.6 Å². The topological polar surface area (TPSA) is 110 Å². The smallest absolute Gasteiger partial charge is 0.237 e. The van der Waals surface area contributed by atoms with E-state index in [0.29, 0.717) is 24.2 Å². The van der Waals surface area contributed by atoms with E-state index in [-0.39, 0.29) is 22.6 Å². The summed E-state index contributed by atoms with van der Waals surface area (Å²) < 4.78 is 0. The van der Waals surface area contributed by atoms with Gasteiger partial charge in [0.15, 0.2) is 0 Å². The van der Waals surface area contributed by atoms with Gasteiger partial charge in [0.1, 0.15) is 0 Å². The molecule has 9 rings (SSSR count). The first-order valence-electron chi connectivity index (χ1n) is 17.1. The second-order valence-electron chi connectivity index (χ2n) is 16.0. The fourth-order valence-corrected chi connectivity index (χ4v) is 10.2. The predicted octanol–water partition coefficient (Wildman–Crippen LogP) is 7.51. The summed E-state index contributed by atoms with van der Waals surface area (Å²) in [6.45, 7) is 13.2. The Labute approximate surface area is 280 Å². The summed E-state index contributed by atoms with van der Waals surface area (Å²) in [4.78, 5) is 49.5. The summed E-state index contributed by atoms with van der Waals surface area (Å²) in [5.41, 5.74) is 5.00. The lowest BCUT2D eigenvalue weighted by Crippen LogP contribution is -2.49. The van der Waals surface area contributed by atoms with Crippen LogP contribution in [0.2, 0.25) is 0 Å². The van der Waals surface area contributed by atoms with Crippen molar-refractivity contribution in [3.63, 3.8) is 0 Å². The first kappa shape index (κ1) is 29.4. The van der Waals surface area contributed by atoms with Crippen LogP contribution in [0, 0.1) is 10.8 Å². The highest BCUT2D eigenvalue weighted by Gasteiger charge is 2.74. The van der Waals surface area contributed by atoms with Crippen LogP contribution in [-0.2, 0) is 31.2 Å². The molecule has 0 saturated heterocycles. The Hall–Kier alpha value is -4.72. The van der Waals surface area contributed by atoms with Crippen molar-refractivity contribution in [2.75, 3.05) is 10.6 Å². The van der Waals surface area contributed by atoms with Crippen molar-refractivity contribution in [3.8, 4) is 0 Å². The molecule has 2 heterocycles. The van der Waals surface area contributed by atoms with E-state index in [0.717, 1.165) is 57.7 Å². The highest BCUT2D eigenvalue weighted by Crippen LogP contribution is 2.71. The molecule has 4 aliphatic carbocycles. The summed E-state index contributed by atoms with van der Waals surface area (Å²) in [6, 6.07) is 23.3. The highest BCUT2D eigenvalue weighted by molar-refractivity contribution is 6.04. The lowest BCUT2D eigenvalue weighted by molar-refractivity contribution is -0.125. The van der Waals surface area contributed by atoms with E-state index in [4.69, 9.17) is 19.9 Å². The number of carbonyl (C=O) groups is 2. The molecule has 4 bridgehead atoms. The van der Waals surface area contributed by atoms with Crippen LogP contribution in [0.25, 0.3) is 22.1 Å². The fourth-order valence-electron chi connectivity index (χ4n) is 10.2. The van der Waals surface area contributed by atoms with Crippen molar-refractivity contribution in [2.45, 2.75) is 88.9 Å². The Morgan fingerprint density at radius 1 is 0.500 bits per heavy atom. The number of benzene rings is 3. The van der Waals surface area contributed by atoms with E-state index in [1.54, 1.807) is 0 Å². The average molecular weight is 637 g/mol. The lowest BCUT2D eigenvalue weighted by atomic mass is 9.63. The third-order valence-corrected chi connectivity index (χ3v) is 14.0. The second kappa shape index (κ2) is 9.04. The molecule has 5 aromatic rings. The maximum atomic E-state index is 14.6. The van der Waals surface area contributed by atoms with Crippen LogP contribution in [0.3, 0.4) is 0 Å². The zero-order valence-electron chi connectivity index (χ0n) is 28.4. The number of fused-ring (bicyclic) bond motifs is 12. The zero-order valence-corrected chi connectivity index (χ0v) is 28.4. The molecule has 2 aromatic heterocycles. The van der Waals surface area contributed by atoms with Crippen molar-refractivity contribution in [1.82, 2.24) is 19.9 Å². The van der Waals surface area contributed by atoms with E-state index in [1.807, 2.05) is 72.8 Å². The number of hydrogen-bond acceptors (Lipinski definition) is 6. The van der Waals surface area contributed by atoms with Gasteiger partial charge in [-0.15, -0.1) is 0 Å². The Balaban J connectivity index is 1.05. The number of rotatable bonds is 4. The van der Waals surface area contributed by atoms with Gasteiger partial charge in [0.25, 0.3) is 0 Å². The van der Waals surface area contributed by atoms with Crippen molar-refractivity contribution < 1.29 is 9.59 Å². The van der Waals surface area contributed by atoms with Crippen LogP contribution in [0.15, 0.2) is 72.8 Å². The molecule has 0 radical (unpaired) electrons. The van der Waals surface area contributed by atoms with Gasteiger partial charge in [0, 0.05) is 22.2 Å². The third-order valence-electron chi connectivity index (χ3n) is 14.0. The molecule has 242 valence electrons. The number of nitrogens with zero attached hydrogens (tertiary/aromatic N) is 4. The molecule has 8 heteroatoms. The van der Waals surface area contributed by atoms with Gasteiger partial charge in [-0.25, -0.2) is 19.9 Å². The van der Waals surface area contributed by atoms with Gasteiger partial charge >= 0.3 is 0 Å². The molecular weight excluding hydrogens is 596 g/mol. The van der Waals surface area contributed by atoms with Crippen molar-refractivity contribution in [2.24, 2.45) is 10.8 Å². The first-order chi connectivity index (χ1) is 22.8. The van der Waals surface area contributed by atoms with E-state index in [1.165, 1.54) is 0 Å². The van der Waals surface area contributed by atoms with Crippen molar-refractivity contribution >= 4 is 45.3 Å². The van der Waals surface area contributed by atoms with Gasteiger partial charge in [0.2, 0.25) is 11.8 Å². The van der Waals surface area contributed by atoms with Crippen LogP contribution in [0.1, 0.15) is 90.0 Å². The molecule has 2 N–H and O–H groups in total. The summed E-state index contributed by atoms with van der Waals surface area (Å²) in [5.74, 6) is -0.164. The number of aromatic nitrogens is 4. The SMILES string of the molecule is CC12CCC(C(=O)Nc3cccc(NC(=O)C45CCC(C)(c6nc7ccccc7nc64)C5(C)C)c3)(c3nc4ccccc4nc31)C2(C)C. The molecule has 4 unspecified atom stereocenters. The van der Waals surface area contributed by atoms with Gasteiger partial charge in [-0.05, 0) is 79.0 Å². The Morgan fingerprint density at radius 2 is 0.854 bits per heavy atom. The van der Waals surface area contributed by atoms with E-state index in [9.17, 15) is 9.59 Å². The molecule has 4 atom stereocenters. The fraction of sp³-hybridized carbons (Fsp3) is 0.400. The number of anilines is 2. The summed E-state index contributed by atoms with van der Waals surface area (Å²) in [5, 5.41) is 6.51. The molecule has 0 spiro atoms. The minimum absolute atomic E-state index is 0.0822. The zero-order chi connectivity index (χ0) is 33.5. The quantitative estimate of drug-likeness (QED) is 0.211. The molecule has 2 fully saturated rings. The van der Waals surface area contributed by atoms with Crippen LogP contribution in [0.5, 0.6) is 0 Å². The minimum Gasteiger partial charge on any atom is -0.325 e. The third kappa shape index (κ3) is 3.17. The number of hydrogen-bond donors (Lipinski definition) is 2. The standard InChI is InChI=1S/C40H40N6O2/c1-35(2)37(5)18-20-39(35,31-29(37)43-25-14-7-9-16-27(25)45-31)33(47)41-23-12-11-13-24(22-23)42-34(48)40-21-19-38(6,36(40,3)4)30-32(40)46-28-17-10-8-15-26(28)44-30/h7-17,22H,18-21H2,1-6H3,(H,41,47)(H,42,48). The Kier molecular flexibility index (Phi) is 5.54. The molecular formula is C40H40N6O2. The molecule has 0 aliphatic heterocycles. The Morgan fingerprint density at radius 3 is 1.23 bits per heavy atom. The molecule has 4 aliphatic rings. The van der Waals surface area contributed by atoms with Gasteiger partial charge in [0.05, 0.1) is 55.7 Å². The number of para-hydroxylation sites is 4. The number of carbonyl (C=O) groups excluding carboxylic acids is 2. The van der Waals surface area contributed by atoms with Crippen LogP contribution >= 0.6 is 0 Å². The Bertz CT molecular complexity index is 2110. The van der Waals surface area contributed by atoms with Crippen LogP contribution in [0.4, 0.5) is 11.4 Å². The normalized spacial score (nSPS) is 30.0. The first-order valence-corrected chi connectivity index (χ1v) is 17.1. The molecule has 2 amide bonds. The van der Waals surface area contributed by atoms with Crippen LogP contribution in [-0.4, -0.2) is 31.8 Å². The van der Waals surface area contributed by atoms with Crippen molar-refractivity contribution in [3.05, 3.63) is 95.6 Å². The molecule has 48 heavy (non-hydrogen) atoms. The maximum absolute atomic E-state index is 14.6. The van der Waals surface area contributed by atoms with Gasteiger partial charge in [-0.1, -0.05) is 71.9 Å². The number of nitrogens with one attached hydrogen (secondary N) is 2. The number of amides is 2. The lowest BCUT2D eigenvalue weighted by Gasteiger charge is -2.39. The monoisotopic (exact) mass is 636 g/mol. The highest BCUT2D eigenvalue weighted by atomic mass is 16.2. The van der Waals surface area contributed by atoms with Crippen molar-refractivity contribution in [1.29, 1.82) is 0 Å². The largest absolute Gasteiger partial charge is 0.325 e. The predicted molar refractivity (Wildman–Crippen MR) is 187 cm³/mol. The average Bonchev–Trinajstić information content (AvgIpc) is 3.53. The summed E-state index contributed by atoms with van der Waals surface area (Å²) in [7, 11) is 0. The summed E-state index contributed by atoms with van der Waals surface area (Å²) in [6.07, 6.45) is 3.12. The van der Waals surface area contributed by atoms with E-state index in [2.05, 4.69) is 52.2 Å². The second-order valence-corrected chi connectivity index (χ2v) is 16.0. The molecule has 3 aromatic carbocycles. The van der Waals surface area contributed by atoms with Gasteiger partial charge in [-0.2, -0.15) is 0 Å². The van der Waals surface area contributed by atoms with Crippen LogP contribution < -0.4 is 10.6 Å². The summed E-state index contributed by atoms with van der Waals surface area (Å²) >= 11 is 0. The maximum Gasteiger partial charge on any atom is 0.237 e. The molecule has 2 saturated carbocycles. The molecule has 8 nitrogen and oxygen atoms in total. The minimum atomic E-state index is -0.834. The van der Waals surface area contributed by atoms with Gasteiger partial charge in [-0.3, -0.25) is 9.59 Å². The van der Waals surface area contributed by atoms with E-state index >= 15 is 0 Å². The van der Waals surface area contributed by atoms with E-state index < -0.39 is 21.7 Å².